The Hall–Kier alpha value is -2.42. The van der Waals surface area contributed by atoms with Gasteiger partial charge in [0.2, 0.25) is 0 Å². The molecule has 136 valence electrons. The molecule has 1 fully saturated rings. The molecule has 10 heteroatoms. The maximum absolute atomic E-state index is 12.5. The molecule has 0 unspecified atom stereocenters. The fourth-order valence-corrected chi connectivity index (χ4v) is 2.95. The van der Waals surface area contributed by atoms with E-state index in [9.17, 15) is 14.4 Å². The van der Waals surface area contributed by atoms with Gasteiger partial charge in [-0.1, -0.05) is 29.3 Å². The summed E-state index contributed by atoms with van der Waals surface area (Å²) >= 11 is 17.1. The normalized spacial score (nSPS) is 15.8. The third kappa shape index (κ3) is 4.40. The number of amides is 2. The molecule has 2 rings (SSSR count). The zero-order valence-electron chi connectivity index (χ0n) is 13.1. The number of thiocarbonyl (C=S) groups is 1. The maximum Gasteiger partial charge on any atom is 0.341 e. The van der Waals surface area contributed by atoms with Crippen molar-refractivity contribution in [3.05, 3.63) is 46.0 Å². The summed E-state index contributed by atoms with van der Waals surface area (Å²) in [4.78, 5) is 36.3. The predicted molar refractivity (Wildman–Crippen MR) is 100 cm³/mol. The SMILES string of the molecule is C=CCN1C(=O)C(=Cc2cc(Cl)c(OCC(=O)O)c(Cl)c2)C(=O)NC1=S. The van der Waals surface area contributed by atoms with E-state index < -0.39 is 24.4 Å². The summed E-state index contributed by atoms with van der Waals surface area (Å²) in [5.74, 6) is -2.44. The first-order chi connectivity index (χ1) is 12.2. The highest BCUT2D eigenvalue weighted by molar-refractivity contribution is 7.80. The third-order valence-electron chi connectivity index (χ3n) is 3.17. The zero-order valence-corrected chi connectivity index (χ0v) is 15.5. The highest BCUT2D eigenvalue weighted by Gasteiger charge is 2.32. The van der Waals surface area contributed by atoms with E-state index in [2.05, 4.69) is 11.9 Å². The summed E-state index contributed by atoms with van der Waals surface area (Å²) in [6.07, 6.45) is 2.77. The first-order valence-electron chi connectivity index (χ1n) is 7.08. The van der Waals surface area contributed by atoms with Crippen LogP contribution in [-0.4, -0.2) is 46.1 Å². The number of hydrogen-bond donors (Lipinski definition) is 2. The molecule has 7 nitrogen and oxygen atoms in total. The van der Waals surface area contributed by atoms with Gasteiger partial charge in [-0.2, -0.15) is 0 Å². The van der Waals surface area contributed by atoms with Gasteiger partial charge in [-0.15, -0.1) is 6.58 Å². The molecular formula is C16H12Cl2N2O5S. The molecule has 0 aromatic heterocycles. The van der Waals surface area contributed by atoms with Crippen LogP contribution in [0.4, 0.5) is 0 Å². The first kappa shape index (κ1) is 19.9. The lowest BCUT2D eigenvalue weighted by molar-refractivity contribution is -0.139. The quantitative estimate of drug-likeness (QED) is 0.320. The van der Waals surface area contributed by atoms with Gasteiger partial charge in [0.05, 0.1) is 10.0 Å². The standard InChI is InChI=1S/C16H12Cl2N2O5S/c1-2-3-20-15(24)9(14(23)19-16(20)26)4-8-5-10(17)13(11(18)6-8)25-7-12(21)22/h2,4-6H,1,3,7H2,(H,21,22)(H,19,23,26). The molecule has 1 aliphatic rings. The van der Waals surface area contributed by atoms with Crippen LogP contribution < -0.4 is 10.1 Å². The van der Waals surface area contributed by atoms with Crippen molar-refractivity contribution in [2.45, 2.75) is 0 Å². The molecule has 1 saturated heterocycles. The van der Waals surface area contributed by atoms with Crippen molar-refractivity contribution in [2.24, 2.45) is 0 Å². The number of nitrogens with one attached hydrogen (secondary N) is 1. The largest absolute Gasteiger partial charge is 0.479 e. The van der Waals surface area contributed by atoms with Crippen molar-refractivity contribution < 1.29 is 24.2 Å². The van der Waals surface area contributed by atoms with Gasteiger partial charge in [0, 0.05) is 6.54 Å². The highest BCUT2D eigenvalue weighted by atomic mass is 35.5. The Balaban J connectivity index is 2.37. The van der Waals surface area contributed by atoms with Gasteiger partial charge in [-0.05, 0) is 36.0 Å². The van der Waals surface area contributed by atoms with Crippen molar-refractivity contribution in [1.82, 2.24) is 10.2 Å². The van der Waals surface area contributed by atoms with Crippen LogP contribution in [0.25, 0.3) is 6.08 Å². The molecule has 0 radical (unpaired) electrons. The molecule has 1 aliphatic heterocycles. The Morgan fingerprint density at radius 1 is 1.35 bits per heavy atom. The van der Waals surface area contributed by atoms with E-state index in [0.29, 0.717) is 5.56 Å². The lowest BCUT2D eigenvalue weighted by Gasteiger charge is -2.27. The van der Waals surface area contributed by atoms with E-state index in [0.717, 1.165) is 0 Å². The monoisotopic (exact) mass is 414 g/mol. The average molecular weight is 415 g/mol. The van der Waals surface area contributed by atoms with Crippen LogP contribution in [0.2, 0.25) is 10.0 Å². The summed E-state index contributed by atoms with van der Waals surface area (Å²) in [6.45, 7) is 3.06. The summed E-state index contributed by atoms with van der Waals surface area (Å²) in [6, 6.07) is 2.78. The molecule has 1 aromatic carbocycles. The van der Waals surface area contributed by atoms with E-state index in [1.807, 2.05) is 0 Å². The van der Waals surface area contributed by atoms with E-state index in [1.54, 1.807) is 0 Å². The van der Waals surface area contributed by atoms with Gasteiger partial charge in [-0.25, -0.2) is 4.79 Å². The smallest absolute Gasteiger partial charge is 0.341 e. The van der Waals surface area contributed by atoms with E-state index in [4.69, 9.17) is 45.3 Å². The number of rotatable bonds is 6. The van der Waals surface area contributed by atoms with Gasteiger partial charge < -0.3 is 9.84 Å². The van der Waals surface area contributed by atoms with Gasteiger partial charge in [0.1, 0.15) is 5.57 Å². The highest BCUT2D eigenvalue weighted by Crippen LogP contribution is 2.35. The fourth-order valence-electron chi connectivity index (χ4n) is 2.09. The fraction of sp³-hybridized carbons (Fsp3) is 0.125. The molecule has 2 amide bonds. The van der Waals surface area contributed by atoms with Gasteiger partial charge in [0.15, 0.2) is 17.5 Å². The number of carboxylic acids is 1. The lowest BCUT2D eigenvalue weighted by Crippen LogP contribution is -2.53. The van der Waals surface area contributed by atoms with Crippen molar-refractivity contribution in [1.29, 1.82) is 0 Å². The Labute approximate surface area is 163 Å². The number of hydrogen-bond acceptors (Lipinski definition) is 5. The number of carbonyl (C=O) groups is 3. The Morgan fingerprint density at radius 2 is 1.96 bits per heavy atom. The summed E-state index contributed by atoms with van der Waals surface area (Å²) in [7, 11) is 0. The van der Waals surface area contributed by atoms with Crippen LogP contribution >= 0.6 is 35.4 Å². The maximum atomic E-state index is 12.5. The molecule has 0 spiro atoms. The number of benzene rings is 1. The average Bonchev–Trinajstić information content (AvgIpc) is 2.54. The van der Waals surface area contributed by atoms with E-state index in [-0.39, 0.29) is 33.0 Å². The van der Waals surface area contributed by atoms with Crippen LogP contribution in [-0.2, 0) is 14.4 Å². The number of ether oxygens (including phenoxy) is 1. The molecule has 0 aliphatic carbocycles. The molecule has 0 atom stereocenters. The number of carbonyl (C=O) groups excluding carboxylic acids is 2. The Bertz CT molecular complexity index is 830. The summed E-state index contributed by atoms with van der Waals surface area (Å²) in [5, 5.41) is 11.1. The molecule has 2 N–H and O–H groups in total. The van der Waals surface area contributed by atoms with Crippen LogP contribution in [0.1, 0.15) is 5.56 Å². The van der Waals surface area contributed by atoms with E-state index >= 15 is 0 Å². The van der Waals surface area contributed by atoms with Crippen LogP contribution in [0.5, 0.6) is 5.75 Å². The Morgan fingerprint density at radius 3 is 2.50 bits per heavy atom. The second-order valence-electron chi connectivity index (χ2n) is 5.02. The first-order valence-corrected chi connectivity index (χ1v) is 8.24. The van der Waals surface area contributed by atoms with Crippen molar-refractivity contribution in [3.63, 3.8) is 0 Å². The van der Waals surface area contributed by atoms with Crippen LogP contribution in [0.15, 0.2) is 30.4 Å². The van der Waals surface area contributed by atoms with Crippen molar-refractivity contribution >= 4 is 64.4 Å². The number of nitrogens with zero attached hydrogens (tertiary/aromatic N) is 1. The van der Waals surface area contributed by atoms with Gasteiger partial charge in [0.25, 0.3) is 11.8 Å². The summed E-state index contributed by atoms with van der Waals surface area (Å²) in [5.41, 5.74) is 0.194. The molecular weight excluding hydrogens is 403 g/mol. The minimum absolute atomic E-state index is 0.00762. The second-order valence-corrected chi connectivity index (χ2v) is 6.22. The minimum Gasteiger partial charge on any atom is -0.479 e. The molecule has 0 bridgehead atoms. The zero-order chi connectivity index (χ0) is 19.4. The molecule has 1 aromatic rings. The van der Waals surface area contributed by atoms with Crippen molar-refractivity contribution in [2.75, 3.05) is 13.2 Å². The van der Waals surface area contributed by atoms with Gasteiger partial charge in [-0.3, -0.25) is 19.8 Å². The number of halogens is 2. The van der Waals surface area contributed by atoms with Gasteiger partial charge >= 0.3 is 5.97 Å². The number of aliphatic carboxylic acids is 1. The Kier molecular flexibility index (Phi) is 6.36. The lowest BCUT2D eigenvalue weighted by atomic mass is 10.1. The minimum atomic E-state index is -1.19. The molecule has 1 heterocycles. The number of carboxylic acid groups (broad SMARTS) is 1. The third-order valence-corrected chi connectivity index (χ3v) is 4.05. The topological polar surface area (TPSA) is 95.9 Å². The second kappa shape index (κ2) is 8.31. The van der Waals surface area contributed by atoms with Crippen molar-refractivity contribution in [3.8, 4) is 5.75 Å². The predicted octanol–water partition coefficient (Wildman–Crippen LogP) is 2.27. The van der Waals surface area contributed by atoms with Crippen LogP contribution in [0, 0.1) is 0 Å². The van der Waals surface area contributed by atoms with E-state index in [1.165, 1.54) is 29.2 Å². The summed E-state index contributed by atoms with van der Waals surface area (Å²) < 4.78 is 5.01. The molecule has 0 saturated carbocycles. The van der Waals surface area contributed by atoms with Crippen LogP contribution in [0.3, 0.4) is 0 Å². The molecule has 26 heavy (non-hydrogen) atoms.